The van der Waals surface area contributed by atoms with Gasteiger partial charge < -0.3 is 0 Å². The van der Waals surface area contributed by atoms with E-state index in [0.717, 1.165) is 0 Å². The second-order valence-corrected chi connectivity index (χ2v) is 6.79. The van der Waals surface area contributed by atoms with E-state index in [1.807, 2.05) is 11.3 Å². The summed E-state index contributed by atoms with van der Waals surface area (Å²) in [6, 6.07) is 9.19. The topological polar surface area (TPSA) is 38.0 Å². The quantitative estimate of drug-likeness (QED) is 0.661. The van der Waals surface area contributed by atoms with Crippen LogP contribution in [0, 0.1) is 13.8 Å². The van der Waals surface area contributed by atoms with Crippen molar-refractivity contribution >= 4 is 11.3 Å². The molecule has 20 heavy (non-hydrogen) atoms. The lowest BCUT2D eigenvalue weighted by Gasteiger charge is -2.31. The molecular weight excluding hydrogens is 264 g/mol. The number of nitrogens with one attached hydrogen (secondary N) is 1. The predicted molar refractivity (Wildman–Crippen MR) is 86.0 cm³/mol. The van der Waals surface area contributed by atoms with Gasteiger partial charge in [-0.1, -0.05) is 18.2 Å². The molecule has 0 saturated carbocycles. The molecule has 1 aliphatic rings. The van der Waals surface area contributed by atoms with Crippen LogP contribution in [0.3, 0.4) is 0 Å². The van der Waals surface area contributed by atoms with Crippen LogP contribution in [0.25, 0.3) is 0 Å². The average Bonchev–Trinajstić information content (AvgIpc) is 2.93. The molecule has 0 amide bonds. The minimum atomic E-state index is 0.211. The van der Waals surface area contributed by atoms with E-state index in [1.54, 1.807) is 4.88 Å². The van der Waals surface area contributed by atoms with Crippen LogP contribution in [0.1, 0.15) is 51.9 Å². The number of hydrogen-bond acceptors (Lipinski definition) is 3. The second kappa shape index (κ2) is 5.68. The molecule has 2 nitrogen and oxygen atoms in total. The molecule has 1 aliphatic carbocycles. The van der Waals surface area contributed by atoms with Crippen molar-refractivity contribution in [3.05, 3.63) is 56.8 Å². The van der Waals surface area contributed by atoms with Crippen LogP contribution in [0.15, 0.2) is 29.6 Å². The van der Waals surface area contributed by atoms with Gasteiger partial charge in [-0.05, 0) is 66.8 Å². The number of aryl methyl sites for hydroxylation is 3. The molecule has 0 fully saturated rings. The lowest BCUT2D eigenvalue weighted by Crippen LogP contribution is -2.33. The molecule has 1 heterocycles. The van der Waals surface area contributed by atoms with Crippen LogP contribution in [-0.4, -0.2) is 0 Å². The van der Waals surface area contributed by atoms with Gasteiger partial charge >= 0.3 is 0 Å². The van der Waals surface area contributed by atoms with Gasteiger partial charge in [-0.3, -0.25) is 11.3 Å². The summed E-state index contributed by atoms with van der Waals surface area (Å²) in [6.07, 6.45) is 3.71. The first-order valence-electron chi connectivity index (χ1n) is 7.30. The zero-order valence-corrected chi connectivity index (χ0v) is 13.0. The van der Waals surface area contributed by atoms with Crippen LogP contribution in [0.5, 0.6) is 0 Å². The maximum absolute atomic E-state index is 5.90. The first-order valence-corrected chi connectivity index (χ1v) is 8.18. The van der Waals surface area contributed by atoms with Gasteiger partial charge in [-0.15, -0.1) is 11.3 Å². The van der Waals surface area contributed by atoms with Gasteiger partial charge in [-0.25, -0.2) is 0 Å². The van der Waals surface area contributed by atoms with Crippen LogP contribution in [0.4, 0.5) is 0 Å². The number of hydrazine groups is 1. The van der Waals surface area contributed by atoms with Crippen LogP contribution in [-0.2, 0) is 6.42 Å². The molecule has 3 N–H and O–H groups in total. The van der Waals surface area contributed by atoms with Crippen molar-refractivity contribution < 1.29 is 0 Å². The van der Waals surface area contributed by atoms with Crippen molar-refractivity contribution in [3.63, 3.8) is 0 Å². The van der Waals surface area contributed by atoms with E-state index in [4.69, 9.17) is 5.84 Å². The Morgan fingerprint density at radius 2 is 2.10 bits per heavy atom. The molecule has 0 bridgehead atoms. The highest BCUT2D eigenvalue weighted by Crippen LogP contribution is 2.42. The van der Waals surface area contributed by atoms with Crippen molar-refractivity contribution in [2.45, 2.75) is 45.1 Å². The first kappa shape index (κ1) is 13.8. The Labute approximate surface area is 125 Å². The number of thiophene rings is 1. The average molecular weight is 286 g/mol. The Morgan fingerprint density at radius 1 is 1.25 bits per heavy atom. The largest absolute Gasteiger partial charge is 0.271 e. The maximum atomic E-state index is 5.90. The van der Waals surface area contributed by atoms with Gasteiger partial charge in [0.1, 0.15) is 0 Å². The van der Waals surface area contributed by atoms with E-state index in [-0.39, 0.29) is 6.04 Å². The predicted octanol–water partition coefficient (Wildman–Crippen LogP) is 3.99. The fourth-order valence-electron chi connectivity index (χ4n) is 3.27. The third-order valence-corrected chi connectivity index (χ3v) is 5.57. The van der Waals surface area contributed by atoms with E-state index in [0.29, 0.717) is 5.92 Å². The Hall–Kier alpha value is -1.16. The van der Waals surface area contributed by atoms with E-state index in [1.165, 1.54) is 41.5 Å². The summed E-state index contributed by atoms with van der Waals surface area (Å²) in [4.78, 5) is 1.55. The van der Waals surface area contributed by atoms with Crippen LogP contribution in [0.2, 0.25) is 0 Å². The third kappa shape index (κ3) is 2.41. The minimum Gasteiger partial charge on any atom is -0.271 e. The highest BCUT2D eigenvalue weighted by atomic mass is 32.1. The van der Waals surface area contributed by atoms with Gasteiger partial charge in [0.25, 0.3) is 0 Å². The maximum Gasteiger partial charge on any atom is 0.0528 e. The van der Waals surface area contributed by atoms with Crippen molar-refractivity contribution in [1.82, 2.24) is 5.43 Å². The van der Waals surface area contributed by atoms with Gasteiger partial charge in [-0.2, -0.15) is 0 Å². The summed E-state index contributed by atoms with van der Waals surface area (Å²) >= 11 is 1.89. The van der Waals surface area contributed by atoms with Gasteiger partial charge in [0.2, 0.25) is 0 Å². The smallest absolute Gasteiger partial charge is 0.0528 e. The summed E-state index contributed by atoms with van der Waals surface area (Å²) in [5, 5.41) is 2.22. The van der Waals surface area contributed by atoms with E-state index in [2.05, 4.69) is 48.9 Å². The molecule has 106 valence electrons. The molecule has 2 unspecified atom stereocenters. The fraction of sp³-hybridized carbons (Fsp3) is 0.412. The van der Waals surface area contributed by atoms with Gasteiger partial charge in [0, 0.05) is 10.8 Å². The number of fused-ring (bicyclic) bond motifs is 1. The monoisotopic (exact) mass is 286 g/mol. The zero-order valence-electron chi connectivity index (χ0n) is 12.1. The summed E-state index contributed by atoms with van der Waals surface area (Å²) in [7, 11) is 0. The Morgan fingerprint density at radius 3 is 2.85 bits per heavy atom. The summed E-state index contributed by atoms with van der Waals surface area (Å²) in [6.45, 7) is 4.32. The summed E-state index contributed by atoms with van der Waals surface area (Å²) in [5.74, 6) is 6.40. The van der Waals surface area contributed by atoms with Crippen molar-refractivity contribution in [1.29, 1.82) is 0 Å². The zero-order chi connectivity index (χ0) is 14.1. The highest BCUT2D eigenvalue weighted by molar-refractivity contribution is 7.10. The van der Waals surface area contributed by atoms with Crippen molar-refractivity contribution in [2.24, 2.45) is 5.84 Å². The summed E-state index contributed by atoms with van der Waals surface area (Å²) in [5.41, 5.74) is 8.55. The lowest BCUT2D eigenvalue weighted by atomic mass is 9.80. The summed E-state index contributed by atoms with van der Waals surface area (Å²) < 4.78 is 0. The molecule has 3 rings (SSSR count). The normalized spacial score (nSPS) is 19.6. The fourth-order valence-corrected chi connectivity index (χ4v) is 4.27. The van der Waals surface area contributed by atoms with Crippen LogP contribution >= 0.6 is 11.3 Å². The second-order valence-electron chi connectivity index (χ2n) is 5.79. The molecule has 0 aliphatic heterocycles. The van der Waals surface area contributed by atoms with E-state index < -0.39 is 0 Å². The Kier molecular flexibility index (Phi) is 3.92. The molecule has 0 spiro atoms. The standard InChI is InChI=1S/C17H22N2S/c1-11-6-7-13(10-12(11)2)17(19-18)15-4-3-5-16-14(15)8-9-20-16/h6-10,15,17,19H,3-5,18H2,1-2H3. The van der Waals surface area contributed by atoms with Crippen LogP contribution < -0.4 is 11.3 Å². The Balaban J connectivity index is 1.97. The van der Waals surface area contributed by atoms with Gasteiger partial charge in [0.05, 0.1) is 6.04 Å². The lowest BCUT2D eigenvalue weighted by molar-refractivity contribution is 0.410. The SMILES string of the molecule is Cc1ccc(C(NN)C2CCCc3sccc32)cc1C. The molecule has 2 aromatic rings. The molecule has 0 radical (unpaired) electrons. The highest BCUT2D eigenvalue weighted by Gasteiger charge is 2.29. The molecule has 1 aromatic heterocycles. The molecular formula is C17H22N2S. The first-order chi connectivity index (χ1) is 9.70. The number of nitrogens with two attached hydrogens (primary N) is 1. The number of benzene rings is 1. The van der Waals surface area contributed by atoms with E-state index in [9.17, 15) is 0 Å². The molecule has 2 atom stereocenters. The van der Waals surface area contributed by atoms with Crippen molar-refractivity contribution in [2.75, 3.05) is 0 Å². The molecule has 1 aromatic carbocycles. The van der Waals surface area contributed by atoms with E-state index >= 15 is 0 Å². The van der Waals surface area contributed by atoms with Gasteiger partial charge in [0.15, 0.2) is 0 Å². The van der Waals surface area contributed by atoms with Crippen molar-refractivity contribution in [3.8, 4) is 0 Å². The third-order valence-electron chi connectivity index (χ3n) is 4.57. The Bertz CT molecular complexity index is 603. The number of rotatable bonds is 3. The minimum absolute atomic E-state index is 0.211. The molecule has 3 heteroatoms. The number of hydrogen-bond donors (Lipinski definition) is 2. The molecule has 0 saturated heterocycles.